The summed E-state index contributed by atoms with van der Waals surface area (Å²) < 4.78 is 0. The lowest BCUT2D eigenvalue weighted by atomic mass is 9.85. The molecule has 7 nitrogen and oxygen atoms in total. The van der Waals surface area contributed by atoms with E-state index in [1.54, 1.807) is 0 Å². The van der Waals surface area contributed by atoms with Crippen molar-refractivity contribution >= 4 is 23.6 Å². The lowest BCUT2D eigenvalue weighted by molar-refractivity contribution is -0.147. The number of amides is 4. The first-order valence-electron chi connectivity index (χ1n) is 12.8. The van der Waals surface area contributed by atoms with Crippen molar-refractivity contribution < 1.29 is 19.2 Å². The van der Waals surface area contributed by atoms with E-state index in [0.717, 1.165) is 38.5 Å². The van der Waals surface area contributed by atoms with Crippen LogP contribution in [0.5, 0.6) is 0 Å². The molecule has 7 aliphatic rings. The van der Waals surface area contributed by atoms with Crippen molar-refractivity contribution in [3.63, 3.8) is 0 Å². The third-order valence-corrected chi connectivity index (χ3v) is 9.86. The van der Waals surface area contributed by atoms with E-state index in [1.807, 2.05) is 0 Å². The Morgan fingerprint density at radius 2 is 0.970 bits per heavy atom. The van der Waals surface area contributed by atoms with Crippen LogP contribution in [-0.2, 0) is 19.2 Å². The number of imide groups is 2. The quantitative estimate of drug-likeness (QED) is 0.475. The highest BCUT2D eigenvalue weighted by Crippen LogP contribution is 2.54. The Labute approximate surface area is 193 Å². The third kappa shape index (κ3) is 2.71. The third-order valence-electron chi connectivity index (χ3n) is 9.86. The second-order valence-corrected chi connectivity index (χ2v) is 11.4. The van der Waals surface area contributed by atoms with Crippen molar-refractivity contribution in [1.82, 2.24) is 14.7 Å². The number of carbonyl (C=O) groups excluding carboxylic acids is 4. The van der Waals surface area contributed by atoms with Gasteiger partial charge in [0.05, 0.1) is 37.0 Å². The van der Waals surface area contributed by atoms with Crippen LogP contribution in [0.1, 0.15) is 44.9 Å². The lowest BCUT2D eigenvalue weighted by Crippen LogP contribution is -2.52. The highest BCUT2D eigenvalue weighted by molar-refractivity contribution is 6.07. The largest absolute Gasteiger partial charge is 0.274 e. The summed E-state index contributed by atoms with van der Waals surface area (Å²) in [5.41, 5.74) is 0. The predicted octanol–water partition coefficient (Wildman–Crippen LogP) is 2.15. The van der Waals surface area contributed by atoms with Crippen molar-refractivity contribution in [3.8, 4) is 0 Å². The molecule has 5 aliphatic carbocycles. The van der Waals surface area contributed by atoms with E-state index in [9.17, 15) is 19.2 Å². The second-order valence-electron chi connectivity index (χ2n) is 11.4. The van der Waals surface area contributed by atoms with Crippen LogP contribution in [-0.4, -0.2) is 57.7 Å². The minimum absolute atomic E-state index is 0.0548. The van der Waals surface area contributed by atoms with Gasteiger partial charge in [-0.1, -0.05) is 43.6 Å². The zero-order chi connectivity index (χ0) is 22.4. The predicted molar refractivity (Wildman–Crippen MR) is 118 cm³/mol. The fourth-order valence-corrected chi connectivity index (χ4v) is 8.29. The van der Waals surface area contributed by atoms with E-state index in [0.29, 0.717) is 0 Å². The van der Waals surface area contributed by atoms with Gasteiger partial charge in [0.15, 0.2) is 0 Å². The molecule has 4 bridgehead atoms. The van der Waals surface area contributed by atoms with Crippen molar-refractivity contribution in [3.05, 3.63) is 24.3 Å². The molecule has 0 N–H and O–H groups in total. The Balaban J connectivity index is 1.14. The summed E-state index contributed by atoms with van der Waals surface area (Å²) in [6, 6.07) is 0.186. The highest BCUT2D eigenvalue weighted by atomic mass is 16.2. The Kier molecular flexibility index (Phi) is 4.34. The monoisotopic (exact) mass is 449 g/mol. The van der Waals surface area contributed by atoms with Crippen LogP contribution in [0.3, 0.4) is 0 Å². The molecular weight excluding hydrogens is 418 g/mol. The smallest absolute Gasteiger partial charge is 0.234 e. The zero-order valence-corrected chi connectivity index (χ0v) is 18.8. The Morgan fingerprint density at radius 3 is 1.33 bits per heavy atom. The van der Waals surface area contributed by atoms with Crippen LogP contribution >= 0.6 is 0 Å². The maximum absolute atomic E-state index is 13.3. The molecule has 33 heavy (non-hydrogen) atoms. The van der Waals surface area contributed by atoms with Crippen molar-refractivity contribution in [2.24, 2.45) is 47.3 Å². The molecule has 2 aliphatic heterocycles. The molecule has 4 amide bonds. The molecule has 7 rings (SSSR count). The highest BCUT2D eigenvalue weighted by Gasteiger charge is 2.61. The summed E-state index contributed by atoms with van der Waals surface area (Å²) in [5, 5.41) is 0. The molecule has 0 aromatic rings. The van der Waals surface area contributed by atoms with E-state index in [2.05, 4.69) is 29.2 Å². The van der Waals surface area contributed by atoms with Gasteiger partial charge in [0.2, 0.25) is 23.6 Å². The summed E-state index contributed by atoms with van der Waals surface area (Å²) in [7, 11) is 0. The summed E-state index contributed by atoms with van der Waals surface area (Å²) in [6.45, 7) is 0.401. The van der Waals surface area contributed by atoms with Gasteiger partial charge >= 0.3 is 0 Å². The molecule has 2 heterocycles. The van der Waals surface area contributed by atoms with Crippen LogP contribution in [0.15, 0.2) is 24.3 Å². The number of nitrogens with zero attached hydrogens (tertiary/aromatic N) is 3. The number of rotatable bonds is 5. The Bertz CT molecular complexity index is 867. The minimum Gasteiger partial charge on any atom is -0.274 e. The van der Waals surface area contributed by atoms with Gasteiger partial charge < -0.3 is 0 Å². The average molecular weight is 450 g/mol. The average Bonchev–Trinajstić information content (AvgIpc) is 3.66. The summed E-state index contributed by atoms with van der Waals surface area (Å²) in [5.74, 6) is -0.310. The molecule has 5 fully saturated rings. The number of fused-ring (bicyclic) bond motifs is 10. The number of likely N-dealkylation sites (tertiary alicyclic amines) is 2. The molecule has 174 valence electrons. The number of hydrogen-bond acceptors (Lipinski definition) is 5. The van der Waals surface area contributed by atoms with Crippen molar-refractivity contribution in [2.75, 3.05) is 13.3 Å². The van der Waals surface area contributed by atoms with Gasteiger partial charge in [0.25, 0.3) is 0 Å². The van der Waals surface area contributed by atoms with E-state index in [4.69, 9.17) is 0 Å². The minimum atomic E-state index is -0.211. The van der Waals surface area contributed by atoms with E-state index >= 15 is 0 Å². The fraction of sp³-hybridized carbons (Fsp3) is 0.692. The summed E-state index contributed by atoms with van der Waals surface area (Å²) in [6.07, 6.45) is 15.6. The molecule has 0 aromatic heterocycles. The summed E-state index contributed by atoms with van der Waals surface area (Å²) in [4.78, 5) is 58.3. The molecule has 8 atom stereocenters. The van der Waals surface area contributed by atoms with Gasteiger partial charge in [-0.15, -0.1) is 0 Å². The van der Waals surface area contributed by atoms with Crippen LogP contribution in [0.25, 0.3) is 0 Å². The fourth-order valence-electron chi connectivity index (χ4n) is 8.29. The van der Waals surface area contributed by atoms with Gasteiger partial charge in [-0.3, -0.25) is 33.9 Å². The van der Waals surface area contributed by atoms with Crippen molar-refractivity contribution in [2.45, 2.75) is 51.0 Å². The maximum atomic E-state index is 13.3. The van der Waals surface area contributed by atoms with Gasteiger partial charge in [0, 0.05) is 6.04 Å². The van der Waals surface area contributed by atoms with Crippen LogP contribution in [0.4, 0.5) is 0 Å². The van der Waals surface area contributed by atoms with Gasteiger partial charge in [-0.2, -0.15) is 0 Å². The first kappa shape index (κ1) is 20.1. The topological polar surface area (TPSA) is 78.0 Å². The molecule has 0 aromatic carbocycles. The number of hydrogen-bond donors (Lipinski definition) is 0. The van der Waals surface area contributed by atoms with Crippen LogP contribution in [0.2, 0.25) is 0 Å². The van der Waals surface area contributed by atoms with Crippen LogP contribution < -0.4 is 0 Å². The van der Waals surface area contributed by atoms with E-state index in [1.165, 1.54) is 16.2 Å². The maximum Gasteiger partial charge on any atom is 0.234 e. The standard InChI is InChI=1S/C26H31N3O4/c30-23-19-14-6-7-15(10-14)20(19)24(31)28(23)12-27(18-4-2-1-3-5-18)13-29-25(32)21-16-8-9-17(11-16)22(21)26(29)33/h6-9,14-22H,1-5,10-13H2/t14-,15-,16-,17+,19-,20+,21-,22+/m0/s1. The van der Waals surface area contributed by atoms with E-state index < -0.39 is 0 Å². The van der Waals surface area contributed by atoms with Crippen LogP contribution in [0, 0.1) is 47.3 Å². The molecule has 0 spiro atoms. The van der Waals surface area contributed by atoms with Gasteiger partial charge in [-0.25, -0.2) is 0 Å². The molecule has 7 heteroatoms. The van der Waals surface area contributed by atoms with Gasteiger partial charge in [-0.05, 0) is 49.4 Å². The molecule has 0 unspecified atom stereocenters. The normalized spacial score (nSPS) is 43.2. The Morgan fingerprint density at radius 1 is 0.606 bits per heavy atom. The summed E-state index contributed by atoms with van der Waals surface area (Å²) >= 11 is 0. The van der Waals surface area contributed by atoms with E-state index in [-0.39, 0.29) is 90.4 Å². The number of allylic oxidation sites excluding steroid dienone is 4. The molecule has 0 radical (unpaired) electrons. The van der Waals surface area contributed by atoms with Crippen molar-refractivity contribution in [1.29, 1.82) is 0 Å². The number of carbonyl (C=O) groups is 4. The Hall–Kier alpha value is -2.28. The SMILES string of the molecule is O=C1[C@@H]2[C@H](C(=O)N1CN(CN1C(=O)[C@@H]3[C@H](C1=O)[C@H]1C=C[C@H]3C1)C1CCCCC1)[C@@H]1C=C[C@H]2C1. The lowest BCUT2D eigenvalue weighted by Gasteiger charge is -2.38. The van der Waals surface area contributed by atoms with Gasteiger partial charge in [0.1, 0.15) is 0 Å². The molecular formula is C26H31N3O4. The molecule has 3 saturated carbocycles. The first-order valence-corrected chi connectivity index (χ1v) is 12.8. The first-order chi connectivity index (χ1) is 16.0. The molecule has 2 saturated heterocycles. The zero-order valence-electron chi connectivity index (χ0n) is 18.8. The second kappa shape index (κ2) is 7.11.